The Hall–Kier alpha value is -0.870. The first-order valence-corrected chi connectivity index (χ1v) is 5.61. The molecule has 2 rings (SSSR count). The standard InChI is InChI=1S/C11H19N3O/c1-9(2)8-14-10(3-4-13-14)11-7-12-5-6-15-11/h3-4,9,11-12H,5-8H2,1-2H3. The lowest BCUT2D eigenvalue weighted by molar-refractivity contribution is 0.0217. The summed E-state index contributed by atoms with van der Waals surface area (Å²) in [5, 5.41) is 7.68. The third kappa shape index (κ3) is 2.58. The first-order chi connectivity index (χ1) is 7.27. The normalized spacial score (nSPS) is 22.2. The third-order valence-electron chi connectivity index (χ3n) is 2.54. The topological polar surface area (TPSA) is 39.1 Å². The Morgan fingerprint density at radius 3 is 3.20 bits per heavy atom. The summed E-state index contributed by atoms with van der Waals surface area (Å²) in [7, 11) is 0. The maximum atomic E-state index is 5.72. The van der Waals surface area contributed by atoms with Crippen LogP contribution in [0.2, 0.25) is 0 Å². The predicted molar refractivity (Wildman–Crippen MR) is 58.6 cm³/mol. The Kier molecular flexibility index (Phi) is 3.38. The molecule has 0 spiro atoms. The molecular weight excluding hydrogens is 190 g/mol. The van der Waals surface area contributed by atoms with Crippen LogP contribution in [0.4, 0.5) is 0 Å². The summed E-state index contributed by atoms with van der Waals surface area (Å²) >= 11 is 0. The Labute approximate surface area is 90.6 Å². The van der Waals surface area contributed by atoms with E-state index in [1.165, 1.54) is 5.69 Å². The highest BCUT2D eigenvalue weighted by Crippen LogP contribution is 2.18. The fraction of sp³-hybridized carbons (Fsp3) is 0.727. The highest BCUT2D eigenvalue weighted by Gasteiger charge is 2.19. The van der Waals surface area contributed by atoms with Crippen LogP contribution in [-0.2, 0) is 11.3 Å². The minimum absolute atomic E-state index is 0.167. The van der Waals surface area contributed by atoms with Crippen molar-refractivity contribution in [2.45, 2.75) is 26.5 Å². The first kappa shape index (κ1) is 10.6. The summed E-state index contributed by atoms with van der Waals surface area (Å²) in [5.74, 6) is 0.611. The molecule has 2 heterocycles. The van der Waals surface area contributed by atoms with Gasteiger partial charge >= 0.3 is 0 Å². The quantitative estimate of drug-likeness (QED) is 0.813. The number of hydrogen-bond acceptors (Lipinski definition) is 3. The minimum atomic E-state index is 0.167. The van der Waals surface area contributed by atoms with Crippen LogP contribution in [0.25, 0.3) is 0 Å². The van der Waals surface area contributed by atoms with Crippen molar-refractivity contribution >= 4 is 0 Å². The molecule has 15 heavy (non-hydrogen) atoms. The van der Waals surface area contributed by atoms with Crippen LogP contribution in [0.15, 0.2) is 12.3 Å². The Bertz CT molecular complexity index is 303. The van der Waals surface area contributed by atoms with Gasteiger partial charge in [0.25, 0.3) is 0 Å². The van der Waals surface area contributed by atoms with E-state index in [4.69, 9.17) is 4.74 Å². The molecule has 0 aromatic carbocycles. The van der Waals surface area contributed by atoms with Crippen LogP contribution < -0.4 is 5.32 Å². The SMILES string of the molecule is CC(C)Cn1nccc1C1CNCCO1. The highest BCUT2D eigenvalue weighted by molar-refractivity contribution is 5.06. The van der Waals surface area contributed by atoms with E-state index in [-0.39, 0.29) is 6.10 Å². The molecule has 1 aromatic rings. The van der Waals surface area contributed by atoms with Gasteiger partial charge in [0.1, 0.15) is 6.10 Å². The molecule has 1 N–H and O–H groups in total. The first-order valence-electron chi connectivity index (χ1n) is 5.61. The van der Waals surface area contributed by atoms with Crippen molar-refractivity contribution in [2.24, 2.45) is 5.92 Å². The molecule has 0 saturated carbocycles. The maximum Gasteiger partial charge on any atom is 0.112 e. The number of nitrogens with one attached hydrogen (secondary N) is 1. The molecule has 1 aliphatic rings. The van der Waals surface area contributed by atoms with Gasteiger partial charge in [-0.3, -0.25) is 4.68 Å². The van der Waals surface area contributed by atoms with E-state index in [0.29, 0.717) is 5.92 Å². The van der Waals surface area contributed by atoms with Crippen LogP contribution in [0.3, 0.4) is 0 Å². The average molecular weight is 209 g/mol. The lowest BCUT2D eigenvalue weighted by atomic mass is 10.2. The number of morpholine rings is 1. The monoisotopic (exact) mass is 209 g/mol. The summed E-state index contributed by atoms with van der Waals surface area (Å²) in [6, 6.07) is 2.06. The Morgan fingerprint density at radius 2 is 2.53 bits per heavy atom. The lowest BCUT2D eigenvalue weighted by Crippen LogP contribution is -2.34. The largest absolute Gasteiger partial charge is 0.369 e. The molecule has 1 unspecified atom stereocenters. The maximum absolute atomic E-state index is 5.72. The van der Waals surface area contributed by atoms with Crippen molar-refractivity contribution in [2.75, 3.05) is 19.7 Å². The van der Waals surface area contributed by atoms with Crippen molar-refractivity contribution in [3.63, 3.8) is 0 Å². The zero-order chi connectivity index (χ0) is 10.7. The van der Waals surface area contributed by atoms with E-state index in [0.717, 1.165) is 26.2 Å². The molecule has 0 radical (unpaired) electrons. The predicted octanol–water partition coefficient (Wildman–Crippen LogP) is 1.20. The van der Waals surface area contributed by atoms with Crippen molar-refractivity contribution in [1.82, 2.24) is 15.1 Å². The van der Waals surface area contributed by atoms with Crippen molar-refractivity contribution < 1.29 is 4.74 Å². The molecule has 1 atom stereocenters. The van der Waals surface area contributed by atoms with E-state index in [1.807, 2.05) is 6.20 Å². The number of hydrogen-bond donors (Lipinski definition) is 1. The molecule has 1 aliphatic heterocycles. The molecule has 4 nitrogen and oxygen atoms in total. The van der Waals surface area contributed by atoms with Gasteiger partial charge in [0, 0.05) is 25.8 Å². The zero-order valence-corrected chi connectivity index (χ0v) is 9.44. The van der Waals surface area contributed by atoms with Gasteiger partial charge in [0.05, 0.1) is 12.3 Å². The fourth-order valence-corrected chi connectivity index (χ4v) is 1.87. The zero-order valence-electron chi connectivity index (χ0n) is 9.44. The van der Waals surface area contributed by atoms with Crippen molar-refractivity contribution in [1.29, 1.82) is 0 Å². The number of rotatable bonds is 3. The van der Waals surface area contributed by atoms with Gasteiger partial charge in [-0.15, -0.1) is 0 Å². The summed E-state index contributed by atoms with van der Waals surface area (Å²) in [6.07, 6.45) is 2.02. The van der Waals surface area contributed by atoms with Gasteiger partial charge in [-0.05, 0) is 12.0 Å². The minimum Gasteiger partial charge on any atom is -0.369 e. The fourth-order valence-electron chi connectivity index (χ4n) is 1.87. The molecule has 4 heteroatoms. The second kappa shape index (κ2) is 4.77. The molecule has 1 fully saturated rings. The number of aromatic nitrogens is 2. The molecule has 0 amide bonds. The van der Waals surface area contributed by atoms with E-state index >= 15 is 0 Å². The second-order valence-electron chi connectivity index (χ2n) is 4.40. The number of nitrogens with zero attached hydrogens (tertiary/aromatic N) is 2. The van der Waals surface area contributed by atoms with Crippen LogP contribution in [0, 0.1) is 5.92 Å². The average Bonchev–Trinajstić information content (AvgIpc) is 2.66. The molecule has 1 aromatic heterocycles. The third-order valence-corrected chi connectivity index (χ3v) is 2.54. The Balaban J connectivity index is 2.09. The molecule has 1 saturated heterocycles. The molecule has 0 aliphatic carbocycles. The molecular formula is C11H19N3O. The summed E-state index contributed by atoms with van der Waals surface area (Å²) in [5.41, 5.74) is 1.19. The van der Waals surface area contributed by atoms with Crippen LogP contribution in [0.1, 0.15) is 25.6 Å². The van der Waals surface area contributed by atoms with Crippen LogP contribution in [0.5, 0.6) is 0 Å². The van der Waals surface area contributed by atoms with Gasteiger partial charge in [-0.2, -0.15) is 5.10 Å². The van der Waals surface area contributed by atoms with Crippen molar-refractivity contribution in [3.8, 4) is 0 Å². The second-order valence-corrected chi connectivity index (χ2v) is 4.40. The van der Waals surface area contributed by atoms with Crippen LogP contribution in [-0.4, -0.2) is 29.5 Å². The summed E-state index contributed by atoms with van der Waals surface area (Å²) in [6.45, 7) is 8.00. The van der Waals surface area contributed by atoms with Crippen LogP contribution >= 0.6 is 0 Å². The van der Waals surface area contributed by atoms with E-state index in [9.17, 15) is 0 Å². The van der Waals surface area contributed by atoms with Gasteiger partial charge in [-0.25, -0.2) is 0 Å². The smallest absolute Gasteiger partial charge is 0.112 e. The van der Waals surface area contributed by atoms with E-state index in [1.54, 1.807) is 0 Å². The van der Waals surface area contributed by atoms with E-state index in [2.05, 4.69) is 35.0 Å². The van der Waals surface area contributed by atoms with Gasteiger partial charge in [0.2, 0.25) is 0 Å². The van der Waals surface area contributed by atoms with Gasteiger partial charge < -0.3 is 10.1 Å². The van der Waals surface area contributed by atoms with Crippen molar-refractivity contribution in [3.05, 3.63) is 18.0 Å². The number of ether oxygens (including phenoxy) is 1. The summed E-state index contributed by atoms with van der Waals surface area (Å²) in [4.78, 5) is 0. The molecule has 0 bridgehead atoms. The van der Waals surface area contributed by atoms with Gasteiger partial charge in [-0.1, -0.05) is 13.8 Å². The van der Waals surface area contributed by atoms with Gasteiger partial charge in [0.15, 0.2) is 0 Å². The summed E-state index contributed by atoms with van der Waals surface area (Å²) < 4.78 is 7.78. The van der Waals surface area contributed by atoms with E-state index < -0.39 is 0 Å². The lowest BCUT2D eigenvalue weighted by Gasteiger charge is -2.24. The highest BCUT2D eigenvalue weighted by atomic mass is 16.5. The molecule has 84 valence electrons. The Morgan fingerprint density at radius 1 is 1.67 bits per heavy atom.